The highest BCUT2D eigenvalue weighted by Crippen LogP contribution is 2.29. The second-order valence-electron chi connectivity index (χ2n) is 6.42. The largest absolute Gasteiger partial charge is 0.497 e. The van der Waals surface area contributed by atoms with Gasteiger partial charge < -0.3 is 9.47 Å². The predicted molar refractivity (Wildman–Crippen MR) is 108 cm³/mol. The maximum atomic E-state index is 12.4. The molecule has 0 atom stereocenters. The van der Waals surface area contributed by atoms with E-state index >= 15 is 0 Å². The van der Waals surface area contributed by atoms with Crippen molar-refractivity contribution in [3.8, 4) is 5.75 Å². The van der Waals surface area contributed by atoms with Crippen LogP contribution in [-0.4, -0.2) is 59.8 Å². The Hall–Kier alpha value is -2.96. The number of nitrogens with zero attached hydrogens (tertiary/aromatic N) is 1. The minimum absolute atomic E-state index is 0.0129. The number of hydrogen-bond acceptors (Lipinski definition) is 8. The smallest absolute Gasteiger partial charge is 0.307 e. The molecule has 0 aliphatic carbocycles. The number of ether oxygens (including phenoxy) is 2. The van der Waals surface area contributed by atoms with Crippen molar-refractivity contribution in [1.82, 2.24) is 9.03 Å². The van der Waals surface area contributed by atoms with Gasteiger partial charge in [-0.05, 0) is 36.4 Å². The summed E-state index contributed by atoms with van der Waals surface area (Å²) in [5, 5.41) is 0. The molecule has 1 amide bonds. The molecule has 1 aliphatic rings. The number of fused-ring (bicyclic) bond motifs is 1. The zero-order chi connectivity index (χ0) is 22.6. The van der Waals surface area contributed by atoms with Gasteiger partial charge >= 0.3 is 5.97 Å². The van der Waals surface area contributed by atoms with Crippen molar-refractivity contribution in [1.29, 1.82) is 0 Å². The van der Waals surface area contributed by atoms with Crippen LogP contribution >= 0.6 is 0 Å². The van der Waals surface area contributed by atoms with Crippen LogP contribution in [0.2, 0.25) is 0 Å². The number of benzene rings is 2. The minimum atomic E-state index is -3.97. The molecule has 1 aliphatic heterocycles. The van der Waals surface area contributed by atoms with Crippen molar-refractivity contribution in [2.45, 2.75) is 16.2 Å². The number of amides is 1. The van der Waals surface area contributed by atoms with Crippen molar-refractivity contribution < 1.29 is 35.9 Å². The highest BCUT2D eigenvalue weighted by molar-refractivity contribution is 7.90. The normalized spacial score (nSPS) is 14.9. The van der Waals surface area contributed by atoms with Gasteiger partial charge in [-0.2, -0.15) is 0 Å². The Morgan fingerprint density at radius 1 is 1.10 bits per heavy atom. The molecule has 1 N–H and O–H groups in total. The third-order valence-electron chi connectivity index (χ3n) is 4.46. The van der Waals surface area contributed by atoms with Crippen molar-refractivity contribution in [2.24, 2.45) is 0 Å². The number of carbonyl (C=O) groups excluding carboxylic acids is 2. The molecule has 2 aromatic carbocycles. The van der Waals surface area contributed by atoms with Crippen molar-refractivity contribution in [3.05, 3.63) is 54.1 Å². The summed E-state index contributed by atoms with van der Waals surface area (Å²) in [5.74, 6) is -0.915. The Morgan fingerprint density at radius 2 is 1.77 bits per heavy atom. The average Bonchev–Trinajstić information content (AvgIpc) is 2.94. The molecule has 31 heavy (non-hydrogen) atoms. The van der Waals surface area contributed by atoms with Crippen LogP contribution in [0.3, 0.4) is 0 Å². The second-order valence-corrected chi connectivity index (χ2v) is 10.0. The van der Waals surface area contributed by atoms with Crippen LogP contribution < -0.4 is 9.46 Å². The summed E-state index contributed by atoms with van der Waals surface area (Å²) in [7, 11) is -6.33. The SMILES string of the molecule is COc1ccc(S(=O)(=O)NCCC(=O)OCCN2C(=O)c3ccccc3S2(=O)=O)cc1. The van der Waals surface area contributed by atoms with Crippen LogP contribution in [0.4, 0.5) is 0 Å². The first-order chi connectivity index (χ1) is 14.7. The molecule has 10 nitrogen and oxygen atoms in total. The number of rotatable bonds is 9. The Morgan fingerprint density at radius 3 is 2.42 bits per heavy atom. The van der Waals surface area contributed by atoms with Gasteiger partial charge in [-0.3, -0.25) is 9.59 Å². The van der Waals surface area contributed by atoms with E-state index in [0.717, 1.165) is 0 Å². The lowest BCUT2D eigenvalue weighted by Crippen LogP contribution is -2.34. The molecule has 166 valence electrons. The summed E-state index contributed by atoms with van der Waals surface area (Å²) in [6.07, 6.45) is -0.268. The molecular weight excluding hydrogens is 448 g/mol. The van der Waals surface area contributed by atoms with E-state index in [1.54, 1.807) is 6.07 Å². The van der Waals surface area contributed by atoms with E-state index in [0.29, 0.717) is 10.1 Å². The van der Waals surface area contributed by atoms with Crippen LogP contribution in [0.1, 0.15) is 16.8 Å². The maximum absolute atomic E-state index is 12.4. The van der Waals surface area contributed by atoms with Gasteiger partial charge in [0.2, 0.25) is 10.0 Å². The van der Waals surface area contributed by atoms with E-state index in [9.17, 15) is 26.4 Å². The van der Waals surface area contributed by atoms with E-state index in [2.05, 4.69) is 4.72 Å². The summed E-state index contributed by atoms with van der Waals surface area (Å²) in [6, 6.07) is 11.5. The fourth-order valence-corrected chi connectivity index (χ4v) is 5.48. The second kappa shape index (κ2) is 9.04. The fraction of sp³-hybridized carbons (Fsp3) is 0.263. The molecule has 0 radical (unpaired) electrons. The predicted octanol–water partition coefficient (Wildman–Crippen LogP) is 0.751. The maximum Gasteiger partial charge on any atom is 0.307 e. The standard InChI is InChI=1S/C19H20N2O8S2/c1-28-14-6-8-15(9-7-14)30(24,25)20-11-10-18(22)29-13-12-21-19(23)16-4-2-3-5-17(16)31(21,26)27/h2-9,20H,10-13H2,1H3. The third-order valence-corrected chi connectivity index (χ3v) is 7.78. The highest BCUT2D eigenvalue weighted by atomic mass is 32.2. The molecule has 3 rings (SSSR count). The molecule has 0 fully saturated rings. The average molecular weight is 469 g/mol. The van der Waals surface area contributed by atoms with Crippen molar-refractivity contribution in [2.75, 3.05) is 26.8 Å². The zero-order valence-electron chi connectivity index (χ0n) is 16.5. The fourth-order valence-electron chi connectivity index (χ4n) is 2.89. The molecule has 1 heterocycles. The Labute approximate surface area is 179 Å². The Kier molecular flexibility index (Phi) is 6.62. The lowest BCUT2D eigenvalue weighted by atomic mass is 10.2. The Balaban J connectivity index is 1.46. The number of sulfonamides is 2. The minimum Gasteiger partial charge on any atom is -0.497 e. The first kappa shape index (κ1) is 22.7. The third kappa shape index (κ3) is 4.86. The highest BCUT2D eigenvalue weighted by Gasteiger charge is 2.40. The number of carbonyl (C=O) groups is 2. The van der Waals surface area contributed by atoms with Gasteiger partial charge in [-0.1, -0.05) is 12.1 Å². The van der Waals surface area contributed by atoms with E-state index < -0.39 is 31.9 Å². The topological polar surface area (TPSA) is 136 Å². The molecule has 0 unspecified atom stereocenters. The van der Waals surface area contributed by atoms with Gasteiger partial charge in [-0.25, -0.2) is 25.9 Å². The van der Waals surface area contributed by atoms with E-state index in [1.165, 1.54) is 49.6 Å². The van der Waals surface area contributed by atoms with Crippen LogP contribution in [0.5, 0.6) is 5.75 Å². The van der Waals surface area contributed by atoms with Crippen LogP contribution in [0, 0.1) is 0 Å². The first-order valence-electron chi connectivity index (χ1n) is 9.12. The molecule has 0 aromatic heterocycles. The first-order valence-corrected chi connectivity index (χ1v) is 12.0. The Bertz CT molecular complexity index is 1190. The molecular formula is C19H20N2O8S2. The van der Waals surface area contributed by atoms with E-state index in [4.69, 9.17) is 9.47 Å². The van der Waals surface area contributed by atoms with Crippen molar-refractivity contribution >= 4 is 31.9 Å². The van der Waals surface area contributed by atoms with E-state index in [1.807, 2.05) is 0 Å². The van der Waals surface area contributed by atoms with Gasteiger partial charge in [0.05, 0.1) is 30.5 Å². The van der Waals surface area contributed by atoms with Gasteiger partial charge in [-0.15, -0.1) is 0 Å². The molecule has 0 spiro atoms. The summed E-state index contributed by atoms with van der Waals surface area (Å²) in [5.41, 5.74) is 0.0711. The number of hydrogen-bond donors (Lipinski definition) is 1. The summed E-state index contributed by atoms with van der Waals surface area (Å²) in [4.78, 5) is 24.1. The number of esters is 1. The number of nitrogens with one attached hydrogen (secondary N) is 1. The van der Waals surface area contributed by atoms with E-state index in [-0.39, 0.29) is 41.5 Å². The monoisotopic (exact) mass is 468 g/mol. The molecule has 0 bridgehead atoms. The zero-order valence-corrected chi connectivity index (χ0v) is 18.1. The molecule has 12 heteroatoms. The van der Waals surface area contributed by atoms with Crippen LogP contribution in [0.25, 0.3) is 0 Å². The summed E-state index contributed by atoms with van der Waals surface area (Å²) >= 11 is 0. The van der Waals surface area contributed by atoms with Gasteiger partial charge in [0, 0.05) is 6.54 Å². The van der Waals surface area contributed by atoms with Crippen LogP contribution in [0.15, 0.2) is 58.3 Å². The van der Waals surface area contributed by atoms with Crippen LogP contribution in [-0.2, 0) is 29.6 Å². The van der Waals surface area contributed by atoms with Crippen molar-refractivity contribution in [3.63, 3.8) is 0 Å². The van der Waals surface area contributed by atoms with Gasteiger partial charge in [0.25, 0.3) is 15.9 Å². The molecule has 2 aromatic rings. The summed E-state index contributed by atoms with van der Waals surface area (Å²) in [6.45, 7) is -0.887. The number of methoxy groups -OCH3 is 1. The summed E-state index contributed by atoms with van der Waals surface area (Å²) < 4.78 is 62.1. The molecule has 0 saturated heterocycles. The lowest BCUT2D eigenvalue weighted by Gasteiger charge is -2.15. The van der Waals surface area contributed by atoms with Gasteiger partial charge in [0.1, 0.15) is 17.3 Å². The van der Waals surface area contributed by atoms with Gasteiger partial charge in [0.15, 0.2) is 0 Å². The quantitative estimate of drug-likeness (QED) is 0.533. The lowest BCUT2D eigenvalue weighted by molar-refractivity contribution is -0.143. The molecule has 0 saturated carbocycles.